The highest BCUT2D eigenvalue weighted by Crippen LogP contribution is 2.28. The van der Waals surface area contributed by atoms with E-state index in [1.807, 2.05) is 0 Å². The lowest BCUT2D eigenvalue weighted by molar-refractivity contribution is 0.875. The van der Waals surface area contributed by atoms with Crippen LogP contribution in [0.25, 0.3) is 0 Å². The minimum Gasteiger partial charge on any atom is -0.0838 e. The van der Waals surface area contributed by atoms with Crippen molar-refractivity contribution in [1.82, 2.24) is 0 Å². The van der Waals surface area contributed by atoms with E-state index in [1.165, 1.54) is 11.1 Å². The molecule has 0 heteroatoms. The predicted molar refractivity (Wildman–Crippen MR) is 57.5 cm³/mol. The summed E-state index contributed by atoms with van der Waals surface area (Å²) in [7, 11) is 0. The van der Waals surface area contributed by atoms with E-state index in [2.05, 4.69) is 44.2 Å². The summed E-state index contributed by atoms with van der Waals surface area (Å²) in [5.41, 5.74) is 4.51. The van der Waals surface area contributed by atoms with Crippen molar-refractivity contribution in [2.75, 3.05) is 0 Å². The van der Waals surface area contributed by atoms with E-state index in [4.69, 9.17) is 0 Å². The van der Waals surface area contributed by atoms with E-state index < -0.39 is 0 Å². The minimum atomic E-state index is 0.654. The number of allylic oxidation sites excluding steroid dienone is 8. The molecule has 0 aromatic heterocycles. The molecule has 0 aromatic rings. The highest BCUT2D eigenvalue weighted by molar-refractivity contribution is 5.42. The monoisotopic (exact) mass is 172 g/mol. The molecule has 0 fully saturated rings. The van der Waals surface area contributed by atoms with Gasteiger partial charge in [0.05, 0.1) is 0 Å². The summed E-state index contributed by atoms with van der Waals surface area (Å²) in [4.78, 5) is 0. The molecule has 0 N–H and O–H groups in total. The molecule has 0 amide bonds. The van der Waals surface area contributed by atoms with Crippen LogP contribution in [0, 0.1) is 5.92 Å². The third kappa shape index (κ3) is 1.67. The van der Waals surface area contributed by atoms with Crippen LogP contribution < -0.4 is 0 Å². The fourth-order valence-corrected chi connectivity index (χ4v) is 1.94. The molecule has 2 aliphatic rings. The highest BCUT2D eigenvalue weighted by atomic mass is 14.2. The van der Waals surface area contributed by atoms with Gasteiger partial charge < -0.3 is 0 Å². The van der Waals surface area contributed by atoms with Gasteiger partial charge in [0, 0.05) is 0 Å². The number of rotatable bonds is 1. The molecule has 0 saturated heterocycles. The molecule has 68 valence electrons. The summed E-state index contributed by atoms with van der Waals surface area (Å²) in [5.74, 6) is 0.654. The predicted octanol–water partition coefficient (Wildman–Crippen LogP) is 3.79. The van der Waals surface area contributed by atoms with Crippen LogP contribution in [0.15, 0.2) is 47.1 Å². The second kappa shape index (κ2) is 3.37. The molecule has 13 heavy (non-hydrogen) atoms. The van der Waals surface area contributed by atoms with Crippen LogP contribution in [0.1, 0.15) is 26.7 Å². The third-order valence-corrected chi connectivity index (χ3v) is 2.93. The minimum absolute atomic E-state index is 0.654. The molecule has 1 atom stereocenters. The Balaban J connectivity index is 2.17. The van der Waals surface area contributed by atoms with Gasteiger partial charge in [-0.2, -0.15) is 0 Å². The van der Waals surface area contributed by atoms with E-state index in [0.29, 0.717) is 5.92 Å². The Morgan fingerprint density at radius 3 is 2.69 bits per heavy atom. The molecular formula is C13H16. The Hall–Kier alpha value is -1.04. The average molecular weight is 172 g/mol. The van der Waals surface area contributed by atoms with Crippen LogP contribution >= 0.6 is 0 Å². The third-order valence-electron chi connectivity index (χ3n) is 2.93. The van der Waals surface area contributed by atoms with Crippen molar-refractivity contribution < 1.29 is 0 Å². The summed E-state index contributed by atoms with van der Waals surface area (Å²) in [6, 6.07) is 0. The van der Waals surface area contributed by atoms with E-state index >= 15 is 0 Å². The molecule has 0 saturated carbocycles. The van der Waals surface area contributed by atoms with Gasteiger partial charge >= 0.3 is 0 Å². The van der Waals surface area contributed by atoms with Gasteiger partial charge in [-0.1, -0.05) is 42.9 Å². The van der Waals surface area contributed by atoms with E-state index in [0.717, 1.165) is 12.8 Å². The molecule has 0 spiro atoms. The quantitative estimate of drug-likeness (QED) is 0.528. The standard InChI is InChI=1S/C13H16/c1-10-5-3-7-12(10)9-13-8-4-6-11(13)2/h3-6,9-10H,7-8H2,1-2H3/b12-9-. The zero-order valence-corrected chi connectivity index (χ0v) is 8.38. The second-order valence-corrected chi connectivity index (χ2v) is 3.95. The van der Waals surface area contributed by atoms with Crippen molar-refractivity contribution >= 4 is 0 Å². The van der Waals surface area contributed by atoms with Gasteiger partial charge in [0.25, 0.3) is 0 Å². The van der Waals surface area contributed by atoms with Gasteiger partial charge in [-0.25, -0.2) is 0 Å². The maximum absolute atomic E-state index is 2.39. The molecule has 0 radical (unpaired) electrons. The summed E-state index contributed by atoms with van der Waals surface area (Å²) in [5, 5.41) is 0. The lowest BCUT2D eigenvalue weighted by Crippen LogP contribution is -1.89. The normalized spacial score (nSPS) is 29.7. The lowest BCUT2D eigenvalue weighted by Gasteiger charge is -2.05. The first-order valence-corrected chi connectivity index (χ1v) is 5.01. The second-order valence-electron chi connectivity index (χ2n) is 3.95. The van der Waals surface area contributed by atoms with Crippen LogP contribution in [0.3, 0.4) is 0 Å². The fraction of sp³-hybridized carbons (Fsp3) is 0.385. The van der Waals surface area contributed by atoms with Crippen LogP contribution in [-0.2, 0) is 0 Å². The Bertz CT molecular complexity index is 324. The smallest absolute Gasteiger partial charge is 0.00452 e. The maximum atomic E-state index is 2.39. The van der Waals surface area contributed by atoms with Crippen molar-refractivity contribution in [2.24, 2.45) is 5.92 Å². The summed E-state index contributed by atoms with van der Waals surface area (Å²) in [6.45, 7) is 4.47. The summed E-state index contributed by atoms with van der Waals surface area (Å²) < 4.78 is 0. The van der Waals surface area contributed by atoms with Crippen molar-refractivity contribution in [3.05, 3.63) is 47.1 Å². The van der Waals surface area contributed by atoms with Crippen LogP contribution in [0.5, 0.6) is 0 Å². The fourth-order valence-electron chi connectivity index (χ4n) is 1.94. The van der Waals surface area contributed by atoms with Gasteiger partial charge in [-0.05, 0) is 36.8 Å². The SMILES string of the molecule is CC1=C(/C=C2/CC=CC2C)CC=C1. The van der Waals surface area contributed by atoms with Crippen molar-refractivity contribution in [1.29, 1.82) is 0 Å². The van der Waals surface area contributed by atoms with E-state index in [-0.39, 0.29) is 0 Å². The first kappa shape index (κ1) is 8.55. The van der Waals surface area contributed by atoms with Gasteiger partial charge in [0.2, 0.25) is 0 Å². The van der Waals surface area contributed by atoms with Gasteiger partial charge in [-0.15, -0.1) is 0 Å². The Morgan fingerprint density at radius 2 is 2.15 bits per heavy atom. The first-order valence-electron chi connectivity index (χ1n) is 5.01. The molecule has 0 aliphatic heterocycles. The number of hydrogen-bond acceptors (Lipinski definition) is 0. The van der Waals surface area contributed by atoms with Crippen molar-refractivity contribution in [3.63, 3.8) is 0 Å². The van der Waals surface area contributed by atoms with Crippen LogP contribution in [-0.4, -0.2) is 0 Å². The van der Waals surface area contributed by atoms with Gasteiger partial charge in [0.1, 0.15) is 0 Å². The molecular weight excluding hydrogens is 156 g/mol. The van der Waals surface area contributed by atoms with Crippen molar-refractivity contribution in [3.8, 4) is 0 Å². The molecule has 2 rings (SSSR count). The van der Waals surface area contributed by atoms with Crippen molar-refractivity contribution in [2.45, 2.75) is 26.7 Å². The summed E-state index contributed by atoms with van der Waals surface area (Å²) >= 11 is 0. The van der Waals surface area contributed by atoms with Crippen LogP contribution in [0.2, 0.25) is 0 Å². The Morgan fingerprint density at radius 1 is 1.31 bits per heavy atom. The zero-order chi connectivity index (χ0) is 9.26. The Labute approximate surface area is 80.3 Å². The first-order chi connectivity index (χ1) is 6.27. The van der Waals surface area contributed by atoms with Gasteiger partial charge in [0.15, 0.2) is 0 Å². The van der Waals surface area contributed by atoms with E-state index in [1.54, 1.807) is 5.57 Å². The molecule has 0 aromatic carbocycles. The molecule has 0 nitrogen and oxygen atoms in total. The Kier molecular flexibility index (Phi) is 2.22. The topological polar surface area (TPSA) is 0 Å². The largest absolute Gasteiger partial charge is 0.0838 e. The zero-order valence-electron chi connectivity index (χ0n) is 8.38. The molecule has 2 aliphatic carbocycles. The van der Waals surface area contributed by atoms with Gasteiger partial charge in [-0.3, -0.25) is 0 Å². The highest BCUT2D eigenvalue weighted by Gasteiger charge is 2.11. The van der Waals surface area contributed by atoms with Crippen LogP contribution in [0.4, 0.5) is 0 Å². The maximum Gasteiger partial charge on any atom is -0.00452 e. The molecule has 1 unspecified atom stereocenters. The molecule has 0 heterocycles. The molecule has 0 bridgehead atoms. The summed E-state index contributed by atoms with van der Waals surface area (Å²) in [6.07, 6.45) is 13.7. The lowest BCUT2D eigenvalue weighted by atomic mass is 10.0. The number of hydrogen-bond donors (Lipinski definition) is 0. The van der Waals surface area contributed by atoms with E-state index in [9.17, 15) is 0 Å². The average Bonchev–Trinajstić information content (AvgIpc) is 2.65.